The summed E-state index contributed by atoms with van der Waals surface area (Å²) in [5.41, 5.74) is 2.84. The summed E-state index contributed by atoms with van der Waals surface area (Å²) in [7, 11) is 0. The molecule has 0 aliphatic carbocycles. The molecular formula is C15H22O. The van der Waals surface area contributed by atoms with Gasteiger partial charge in [-0.2, -0.15) is 0 Å². The summed E-state index contributed by atoms with van der Waals surface area (Å²) in [5, 5.41) is 0. The van der Waals surface area contributed by atoms with Gasteiger partial charge in [0, 0.05) is 13.2 Å². The van der Waals surface area contributed by atoms with Crippen molar-refractivity contribution in [2.24, 2.45) is 5.92 Å². The van der Waals surface area contributed by atoms with E-state index in [4.69, 9.17) is 4.74 Å². The second kappa shape index (κ2) is 6.05. The molecule has 16 heavy (non-hydrogen) atoms. The molecule has 0 atom stereocenters. The second-order valence-electron chi connectivity index (χ2n) is 4.93. The van der Waals surface area contributed by atoms with Crippen LogP contribution in [-0.2, 0) is 11.2 Å². The van der Waals surface area contributed by atoms with Gasteiger partial charge in [0.2, 0.25) is 0 Å². The normalized spacial score (nSPS) is 17.6. The zero-order chi connectivity index (χ0) is 11.2. The minimum atomic E-state index is 0.916. The molecular weight excluding hydrogens is 196 g/mol. The molecule has 0 N–H and O–H groups in total. The first-order valence-corrected chi connectivity index (χ1v) is 6.48. The van der Waals surface area contributed by atoms with Crippen molar-refractivity contribution >= 4 is 0 Å². The maximum atomic E-state index is 5.38. The number of ether oxygens (including phenoxy) is 1. The maximum absolute atomic E-state index is 5.38. The largest absolute Gasteiger partial charge is 0.381 e. The van der Waals surface area contributed by atoms with Crippen LogP contribution in [-0.4, -0.2) is 13.2 Å². The zero-order valence-electron chi connectivity index (χ0n) is 10.2. The molecule has 1 aliphatic heterocycles. The molecule has 1 aromatic carbocycles. The standard InChI is InChI=1S/C15H22O/c1-13-5-7-14(8-6-13)3-2-4-15-9-11-16-12-10-15/h5-8,15H,2-4,9-12H2,1H3. The summed E-state index contributed by atoms with van der Waals surface area (Å²) < 4.78 is 5.38. The average molecular weight is 218 g/mol. The highest BCUT2D eigenvalue weighted by Gasteiger charge is 2.12. The second-order valence-corrected chi connectivity index (χ2v) is 4.93. The molecule has 0 saturated carbocycles. The van der Waals surface area contributed by atoms with Crippen LogP contribution in [0.3, 0.4) is 0 Å². The third-order valence-corrected chi connectivity index (χ3v) is 3.54. The predicted molar refractivity (Wildman–Crippen MR) is 67.7 cm³/mol. The Morgan fingerprint density at radius 3 is 2.50 bits per heavy atom. The van der Waals surface area contributed by atoms with Crippen molar-refractivity contribution in [2.75, 3.05) is 13.2 Å². The Morgan fingerprint density at radius 1 is 1.12 bits per heavy atom. The summed E-state index contributed by atoms with van der Waals surface area (Å²) in [6.07, 6.45) is 6.48. The van der Waals surface area contributed by atoms with Crippen molar-refractivity contribution < 1.29 is 4.74 Å². The van der Waals surface area contributed by atoms with Gasteiger partial charge in [-0.25, -0.2) is 0 Å². The van der Waals surface area contributed by atoms with Gasteiger partial charge in [0.25, 0.3) is 0 Å². The molecule has 1 aromatic rings. The van der Waals surface area contributed by atoms with Crippen LogP contribution >= 0.6 is 0 Å². The Hall–Kier alpha value is -0.820. The molecule has 1 nitrogen and oxygen atoms in total. The molecule has 2 rings (SSSR count). The average Bonchev–Trinajstić information content (AvgIpc) is 2.33. The number of hydrogen-bond donors (Lipinski definition) is 0. The van der Waals surface area contributed by atoms with Gasteiger partial charge in [0.05, 0.1) is 0 Å². The first-order valence-electron chi connectivity index (χ1n) is 6.48. The molecule has 0 unspecified atom stereocenters. The van der Waals surface area contributed by atoms with Gasteiger partial charge in [0.1, 0.15) is 0 Å². The van der Waals surface area contributed by atoms with Crippen molar-refractivity contribution in [1.29, 1.82) is 0 Å². The summed E-state index contributed by atoms with van der Waals surface area (Å²) in [4.78, 5) is 0. The molecule has 1 heteroatoms. The zero-order valence-corrected chi connectivity index (χ0v) is 10.2. The van der Waals surface area contributed by atoms with Crippen molar-refractivity contribution in [3.05, 3.63) is 35.4 Å². The van der Waals surface area contributed by atoms with E-state index >= 15 is 0 Å². The van der Waals surface area contributed by atoms with E-state index in [0.717, 1.165) is 19.1 Å². The maximum Gasteiger partial charge on any atom is 0.0468 e. The summed E-state index contributed by atoms with van der Waals surface area (Å²) in [6, 6.07) is 8.95. The number of hydrogen-bond acceptors (Lipinski definition) is 1. The Morgan fingerprint density at radius 2 is 1.81 bits per heavy atom. The first kappa shape index (κ1) is 11.7. The Labute approximate surface area is 98.8 Å². The Bertz CT molecular complexity index is 296. The van der Waals surface area contributed by atoms with E-state index in [-0.39, 0.29) is 0 Å². The van der Waals surface area contributed by atoms with E-state index in [2.05, 4.69) is 31.2 Å². The van der Waals surface area contributed by atoms with E-state index in [0.29, 0.717) is 0 Å². The van der Waals surface area contributed by atoms with E-state index in [1.165, 1.54) is 43.2 Å². The summed E-state index contributed by atoms with van der Waals surface area (Å²) >= 11 is 0. The molecule has 1 aliphatic rings. The van der Waals surface area contributed by atoms with E-state index < -0.39 is 0 Å². The van der Waals surface area contributed by atoms with Gasteiger partial charge >= 0.3 is 0 Å². The van der Waals surface area contributed by atoms with E-state index in [9.17, 15) is 0 Å². The smallest absolute Gasteiger partial charge is 0.0468 e. The minimum Gasteiger partial charge on any atom is -0.381 e. The van der Waals surface area contributed by atoms with Crippen LogP contribution in [0.5, 0.6) is 0 Å². The molecule has 0 radical (unpaired) electrons. The third kappa shape index (κ3) is 3.64. The lowest BCUT2D eigenvalue weighted by atomic mass is 9.93. The van der Waals surface area contributed by atoms with Gasteiger partial charge in [-0.1, -0.05) is 29.8 Å². The van der Waals surface area contributed by atoms with Crippen LogP contribution in [0.25, 0.3) is 0 Å². The minimum absolute atomic E-state index is 0.916. The lowest BCUT2D eigenvalue weighted by Crippen LogP contribution is -2.15. The molecule has 1 fully saturated rings. The van der Waals surface area contributed by atoms with Crippen LogP contribution in [0.2, 0.25) is 0 Å². The van der Waals surface area contributed by atoms with Crippen LogP contribution in [0.15, 0.2) is 24.3 Å². The van der Waals surface area contributed by atoms with Crippen LogP contribution in [0, 0.1) is 12.8 Å². The van der Waals surface area contributed by atoms with Gasteiger partial charge < -0.3 is 4.74 Å². The lowest BCUT2D eigenvalue weighted by molar-refractivity contribution is 0.0633. The molecule has 0 amide bonds. The SMILES string of the molecule is Cc1ccc(CCCC2CCOCC2)cc1. The van der Waals surface area contributed by atoms with E-state index in [1.807, 2.05) is 0 Å². The van der Waals surface area contributed by atoms with Crippen LogP contribution < -0.4 is 0 Å². The van der Waals surface area contributed by atoms with Gasteiger partial charge in [-0.15, -0.1) is 0 Å². The van der Waals surface area contributed by atoms with Crippen molar-refractivity contribution in [3.63, 3.8) is 0 Å². The lowest BCUT2D eigenvalue weighted by Gasteiger charge is -2.21. The Kier molecular flexibility index (Phi) is 4.41. The molecule has 0 aromatic heterocycles. The number of rotatable bonds is 4. The molecule has 1 heterocycles. The van der Waals surface area contributed by atoms with Crippen molar-refractivity contribution in [1.82, 2.24) is 0 Å². The molecule has 88 valence electrons. The fraction of sp³-hybridized carbons (Fsp3) is 0.600. The van der Waals surface area contributed by atoms with Gasteiger partial charge in [-0.05, 0) is 50.5 Å². The van der Waals surface area contributed by atoms with Crippen LogP contribution in [0.1, 0.15) is 36.8 Å². The predicted octanol–water partition coefficient (Wildman–Crippen LogP) is 3.74. The molecule has 0 spiro atoms. The van der Waals surface area contributed by atoms with Gasteiger partial charge in [-0.3, -0.25) is 0 Å². The summed E-state index contributed by atoms with van der Waals surface area (Å²) in [6.45, 7) is 4.11. The highest BCUT2D eigenvalue weighted by Crippen LogP contribution is 2.21. The topological polar surface area (TPSA) is 9.23 Å². The highest BCUT2D eigenvalue weighted by molar-refractivity contribution is 5.21. The molecule has 0 bridgehead atoms. The summed E-state index contributed by atoms with van der Waals surface area (Å²) in [5.74, 6) is 0.916. The number of aryl methyl sites for hydroxylation is 2. The number of benzene rings is 1. The third-order valence-electron chi connectivity index (χ3n) is 3.54. The van der Waals surface area contributed by atoms with E-state index in [1.54, 1.807) is 0 Å². The fourth-order valence-corrected chi connectivity index (χ4v) is 2.38. The van der Waals surface area contributed by atoms with Crippen molar-refractivity contribution in [2.45, 2.75) is 39.0 Å². The highest BCUT2D eigenvalue weighted by atomic mass is 16.5. The quantitative estimate of drug-likeness (QED) is 0.748. The van der Waals surface area contributed by atoms with Crippen molar-refractivity contribution in [3.8, 4) is 0 Å². The Balaban J connectivity index is 1.69. The fourth-order valence-electron chi connectivity index (χ4n) is 2.38. The first-order chi connectivity index (χ1) is 7.84. The monoisotopic (exact) mass is 218 g/mol. The molecule has 1 saturated heterocycles. The van der Waals surface area contributed by atoms with Crippen LogP contribution in [0.4, 0.5) is 0 Å². The van der Waals surface area contributed by atoms with Gasteiger partial charge in [0.15, 0.2) is 0 Å².